The van der Waals surface area contributed by atoms with Crippen LogP contribution in [0.15, 0.2) is 53.6 Å². The van der Waals surface area contributed by atoms with Crippen molar-refractivity contribution in [3.63, 3.8) is 0 Å². The summed E-state index contributed by atoms with van der Waals surface area (Å²) in [5, 5.41) is 18.8. The van der Waals surface area contributed by atoms with Crippen LogP contribution in [0.4, 0.5) is 11.6 Å². The lowest BCUT2D eigenvalue weighted by atomic mass is 10.1. The number of rotatable bonds is 5. The first-order valence-corrected chi connectivity index (χ1v) is 7.06. The second-order valence-corrected chi connectivity index (χ2v) is 4.86. The maximum absolute atomic E-state index is 5.30. The molecule has 2 aromatic carbocycles. The first kappa shape index (κ1) is 14.7. The Balaban J connectivity index is 1.80. The fourth-order valence-corrected chi connectivity index (χ4v) is 2.02. The summed E-state index contributed by atoms with van der Waals surface area (Å²) in [7, 11) is 1.65. The number of anilines is 2. The molecule has 116 valence electrons. The van der Waals surface area contributed by atoms with Crippen molar-refractivity contribution < 1.29 is 4.74 Å². The third kappa shape index (κ3) is 3.52. The molecular formula is C16H16N6O. The largest absolute Gasteiger partial charge is 0.496 e. The summed E-state index contributed by atoms with van der Waals surface area (Å²) >= 11 is 0. The van der Waals surface area contributed by atoms with Gasteiger partial charge in [-0.3, -0.25) is 0 Å². The standard InChI is InChI=1S/C16H16N6O/c1-12-8-9-13(10-15(12)23-2)11-17-22-16(19-20-21-22)18-14-6-4-3-5-7-14/h3-11H,1-2H3,(H,18,19,21). The van der Waals surface area contributed by atoms with Crippen molar-refractivity contribution in [1.29, 1.82) is 0 Å². The molecule has 0 fully saturated rings. The second kappa shape index (κ2) is 6.69. The molecule has 1 heterocycles. The number of methoxy groups -OCH3 is 1. The van der Waals surface area contributed by atoms with Gasteiger partial charge in [0.1, 0.15) is 5.75 Å². The lowest BCUT2D eigenvalue weighted by Crippen LogP contribution is -2.01. The molecule has 0 aliphatic rings. The van der Waals surface area contributed by atoms with Gasteiger partial charge < -0.3 is 10.1 Å². The third-order valence-corrected chi connectivity index (χ3v) is 3.23. The molecule has 7 heteroatoms. The number of hydrogen-bond acceptors (Lipinski definition) is 6. The van der Waals surface area contributed by atoms with Gasteiger partial charge in [-0.2, -0.15) is 5.10 Å². The predicted molar refractivity (Wildman–Crippen MR) is 88.3 cm³/mol. The van der Waals surface area contributed by atoms with Gasteiger partial charge in [0.05, 0.1) is 13.3 Å². The van der Waals surface area contributed by atoms with Crippen molar-refractivity contribution in [3.05, 3.63) is 59.7 Å². The molecule has 0 aliphatic heterocycles. The number of aromatic nitrogens is 4. The lowest BCUT2D eigenvalue weighted by Gasteiger charge is -2.05. The molecule has 0 amide bonds. The van der Waals surface area contributed by atoms with Gasteiger partial charge in [-0.05, 0) is 46.7 Å². The number of benzene rings is 2. The topological polar surface area (TPSA) is 77.2 Å². The Hall–Kier alpha value is -3.22. The van der Waals surface area contributed by atoms with E-state index < -0.39 is 0 Å². The average Bonchev–Trinajstić information content (AvgIpc) is 3.02. The van der Waals surface area contributed by atoms with E-state index in [4.69, 9.17) is 4.74 Å². The number of aryl methyl sites for hydroxylation is 1. The van der Waals surface area contributed by atoms with Gasteiger partial charge in [0.15, 0.2) is 0 Å². The zero-order chi connectivity index (χ0) is 16.1. The van der Waals surface area contributed by atoms with Crippen molar-refractivity contribution >= 4 is 17.9 Å². The molecular weight excluding hydrogens is 292 g/mol. The van der Waals surface area contributed by atoms with E-state index in [2.05, 4.69) is 25.9 Å². The maximum atomic E-state index is 5.30. The molecule has 0 saturated heterocycles. The highest BCUT2D eigenvalue weighted by Crippen LogP contribution is 2.18. The molecule has 7 nitrogen and oxygen atoms in total. The zero-order valence-electron chi connectivity index (χ0n) is 12.8. The van der Waals surface area contributed by atoms with Crippen LogP contribution < -0.4 is 10.1 Å². The summed E-state index contributed by atoms with van der Waals surface area (Å²) in [6.07, 6.45) is 1.68. The van der Waals surface area contributed by atoms with Crippen molar-refractivity contribution in [2.24, 2.45) is 5.10 Å². The number of nitrogens with zero attached hydrogens (tertiary/aromatic N) is 5. The van der Waals surface area contributed by atoms with Crippen molar-refractivity contribution in [1.82, 2.24) is 20.3 Å². The average molecular weight is 308 g/mol. The summed E-state index contributed by atoms with van der Waals surface area (Å²) in [5.41, 5.74) is 2.85. The van der Waals surface area contributed by atoms with E-state index in [-0.39, 0.29) is 0 Å². The van der Waals surface area contributed by atoms with Crippen LogP contribution in [-0.4, -0.2) is 33.6 Å². The Kier molecular flexibility index (Phi) is 4.28. The molecule has 0 saturated carbocycles. The van der Waals surface area contributed by atoms with E-state index in [0.717, 1.165) is 22.6 Å². The summed E-state index contributed by atoms with van der Waals surface area (Å²) in [4.78, 5) is 1.33. The Morgan fingerprint density at radius 3 is 2.78 bits per heavy atom. The minimum Gasteiger partial charge on any atom is -0.496 e. The minimum absolute atomic E-state index is 0.437. The van der Waals surface area contributed by atoms with Crippen LogP contribution in [0.5, 0.6) is 5.75 Å². The Bertz CT molecular complexity index is 812. The number of nitrogens with one attached hydrogen (secondary N) is 1. The van der Waals surface area contributed by atoms with E-state index in [0.29, 0.717) is 5.95 Å². The molecule has 0 bridgehead atoms. The van der Waals surface area contributed by atoms with Crippen molar-refractivity contribution in [3.8, 4) is 5.75 Å². The maximum Gasteiger partial charge on any atom is 0.269 e. The monoisotopic (exact) mass is 308 g/mol. The number of tetrazole rings is 1. The van der Waals surface area contributed by atoms with Crippen molar-refractivity contribution in [2.45, 2.75) is 6.92 Å². The fourth-order valence-electron chi connectivity index (χ4n) is 2.02. The quantitative estimate of drug-likeness (QED) is 0.733. The highest BCUT2D eigenvalue weighted by atomic mass is 16.5. The van der Waals surface area contributed by atoms with Crippen LogP contribution in [0.1, 0.15) is 11.1 Å². The van der Waals surface area contributed by atoms with Crippen LogP contribution in [0.25, 0.3) is 0 Å². The van der Waals surface area contributed by atoms with Crippen LogP contribution in [-0.2, 0) is 0 Å². The van der Waals surface area contributed by atoms with Gasteiger partial charge in [-0.25, -0.2) is 0 Å². The van der Waals surface area contributed by atoms with Crippen LogP contribution in [0, 0.1) is 6.92 Å². The Morgan fingerprint density at radius 1 is 1.17 bits per heavy atom. The molecule has 0 aliphatic carbocycles. The van der Waals surface area contributed by atoms with Crippen LogP contribution >= 0.6 is 0 Å². The van der Waals surface area contributed by atoms with Gasteiger partial charge in [0.2, 0.25) is 0 Å². The molecule has 0 spiro atoms. The zero-order valence-corrected chi connectivity index (χ0v) is 12.8. The first-order valence-electron chi connectivity index (χ1n) is 7.06. The molecule has 0 atom stereocenters. The van der Waals surface area contributed by atoms with Gasteiger partial charge in [0, 0.05) is 5.69 Å². The van der Waals surface area contributed by atoms with Gasteiger partial charge in [0.25, 0.3) is 5.95 Å². The molecule has 3 rings (SSSR count). The molecule has 0 unspecified atom stereocenters. The molecule has 3 aromatic rings. The first-order chi connectivity index (χ1) is 11.3. The lowest BCUT2D eigenvalue weighted by molar-refractivity contribution is 0.411. The van der Waals surface area contributed by atoms with Crippen molar-refractivity contribution in [2.75, 3.05) is 12.4 Å². The Morgan fingerprint density at radius 2 is 2.00 bits per heavy atom. The van der Waals surface area contributed by atoms with E-state index in [1.807, 2.05) is 55.5 Å². The highest BCUT2D eigenvalue weighted by Gasteiger charge is 2.05. The van der Waals surface area contributed by atoms with Crippen LogP contribution in [0.3, 0.4) is 0 Å². The second-order valence-electron chi connectivity index (χ2n) is 4.86. The smallest absolute Gasteiger partial charge is 0.269 e. The molecule has 1 aromatic heterocycles. The SMILES string of the molecule is COc1cc(C=Nn2nnnc2Nc2ccccc2)ccc1C. The van der Waals surface area contributed by atoms with Gasteiger partial charge >= 0.3 is 0 Å². The summed E-state index contributed by atoms with van der Waals surface area (Å²) in [5.74, 6) is 1.25. The number of para-hydroxylation sites is 1. The summed E-state index contributed by atoms with van der Waals surface area (Å²) < 4.78 is 5.30. The van der Waals surface area contributed by atoms with Crippen LogP contribution in [0.2, 0.25) is 0 Å². The van der Waals surface area contributed by atoms with Gasteiger partial charge in [-0.15, -0.1) is 0 Å². The molecule has 0 radical (unpaired) electrons. The number of hydrogen-bond donors (Lipinski definition) is 1. The van der Waals surface area contributed by atoms with E-state index in [1.165, 1.54) is 4.79 Å². The summed E-state index contributed by atoms with van der Waals surface area (Å²) in [6, 6.07) is 15.5. The molecule has 23 heavy (non-hydrogen) atoms. The number of ether oxygens (including phenoxy) is 1. The van der Waals surface area contributed by atoms with E-state index >= 15 is 0 Å². The summed E-state index contributed by atoms with van der Waals surface area (Å²) in [6.45, 7) is 1.99. The molecule has 1 N–H and O–H groups in total. The normalized spacial score (nSPS) is 10.9. The predicted octanol–water partition coefficient (Wildman–Crippen LogP) is 2.62. The Labute approximate surface area is 133 Å². The van der Waals surface area contributed by atoms with Gasteiger partial charge in [-0.1, -0.05) is 40.2 Å². The third-order valence-electron chi connectivity index (χ3n) is 3.23. The minimum atomic E-state index is 0.437. The highest BCUT2D eigenvalue weighted by molar-refractivity contribution is 5.80. The fraction of sp³-hybridized carbons (Fsp3) is 0.125. The van der Waals surface area contributed by atoms with E-state index in [9.17, 15) is 0 Å². The van der Waals surface area contributed by atoms with E-state index in [1.54, 1.807) is 13.3 Å².